The number of hydrogen-bond acceptors (Lipinski definition) is 4. The molecule has 17 heavy (non-hydrogen) atoms. The SMILES string of the molecule is NC1(CNS(=O)(=O)c2cc(Cl)sc2Cl)CCC1. The lowest BCUT2D eigenvalue weighted by Crippen LogP contribution is -2.54. The van der Waals surface area contributed by atoms with Gasteiger partial charge in [0.2, 0.25) is 10.0 Å². The van der Waals surface area contributed by atoms with Crippen molar-refractivity contribution in [3.8, 4) is 0 Å². The summed E-state index contributed by atoms with van der Waals surface area (Å²) in [6.45, 7) is 0.235. The van der Waals surface area contributed by atoms with Crippen molar-refractivity contribution in [2.75, 3.05) is 6.54 Å². The van der Waals surface area contributed by atoms with Gasteiger partial charge in [0.15, 0.2) is 0 Å². The third kappa shape index (κ3) is 2.94. The maximum atomic E-state index is 11.9. The smallest absolute Gasteiger partial charge is 0.243 e. The number of thiophene rings is 1. The second-order valence-corrected chi connectivity index (χ2v) is 8.25. The molecule has 1 fully saturated rings. The molecule has 4 nitrogen and oxygen atoms in total. The fourth-order valence-electron chi connectivity index (χ4n) is 1.63. The Morgan fingerprint density at radius 2 is 2.12 bits per heavy atom. The zero-order valence-electron chi connectivity index (χ0n) is 8.87. The van der Waals surface area contributed by atoms with Crippen molar-refractivity contribution in [1.82, 2.24) is 4.72 Å². The molecule has 1 aromatic rings. The second-order valence-electron chi connectivity index (χ2n) is 4.23. The minimum absolute atomic E-state index is 0.0251. The Balaban J connectivity index is 2.11. The summed E-state index contributed by atoms with van der Waals surface area (Å²) in [7, 11) is -3.62. The van der Waals surface area contributed by atoms with E-state index in [4.69, 9.17) is 28.9 Å². The van der Waals surface area contributed by atoms with Crippen LogP contribution in [0.2, 0.25) is 8.67 Å². The van der Waals surface area contributed by atoms with Gasteiger partial charge in [-0.15, -0.1) is 11.3 Å². The van der Waals surface area contributed by atoms with E-state index < -0.39 is 15.6 Å². The Labute approximate surface area is 114 Å². The zero-order chi connectivity index (χ0) is 12.7. The van der Waals surface area contributed by atoms with Crippen molar-refractivity contribution in [3.05, 3.63) is 14.7 Å². The molecular weight excluding hydrogens is 303 g/mol. The van der Waals surface area contributed by atoms with Crippen LogP contribution >= 0.6 is 34.5 Å². The van der Waals surface area contributed by atoms with Crippen LogP contribution < -0.4 is 10.5 Å². The third-order valence-corrected chi connectivity index (χ3v) is 6.03. The van der Waals surface area contributed by atoms with Gasteiger partial charge in [-0.1, -0.05) is 23.2 Å². The van der Waals surface area contributed by atoms with Gasteiger partial charge in [0.1, 0.15) is 9.23 Å². The van der Waals surface area contributed by atoms with Crippen LogP contribution in [0.1, 0.15) is 19.3 Å². The Morgan fingerprint density at radius 1 is 1.47 bits per heavy atom. The van der Waals surface area contributed by atoms with Gasteiger partial charge in [-0.3, -0.25) is 0 Å². The average molecular weight is 315 g/mol. The molecule has 1 aromatic heterocycles. The van der Waals surface area contributed by atoms with E-state index in [0.29, 0.717) is 4.34 Å². The van der Waals surface area contributed by atoms with Crippen LogP contribution in [0, 0.1) is 0 Å². The third-order valence-electron chi connectivity index (χ3n) is 2.88. The molecule has 0 amide bonds. The predicted octanol–water partition coefficient (Wildman–Crippen LogP) is 2.21. The summed E-state index contributed by atoms with van der Waals surface area (Å²) in [5, 5.41) is 0. The number of rotatable bonds is 4. The van der Waals surface area contributed by atoms with Crippen molar-refractivity contribution in [3.63, 3.8) is 0 Å². The minimum Gasteiger partial charge on any atom is -0.324 e. The minimum atomic E-state index is -3.62. The van der Waals surface area contributed by atoms with Crippen LogP contribution in [0.25, 0.3) is 0 Å². The molecule has 0 unspecified atom stereocenters. The van der Waals surface area contributed by atoms with Crippen LogP contribution in [0.5, 0.6) is 0 Å². The summed E-state index contributed by atoms with van der Waals surface area (Å²) >= 11 is 12.6. The van der Waals surface area contributed by atoms with Crippen molar-refractivity contribution in [2.24, 2.45) is 5.73 Å². The van der Waals surface area contributed by atoms with E-state index >= 15 is 0 Å². The van der Waals surface area contributed by atoms with E-state index in [9.17, 15) is 8.42 Å². The van der Waals surface area contributed by atoms with E-state index in [1.54, 1.807) is 0 Å². The molecule has 1 aliphatic rings. The first-order chi connectivity index (χ1) is 7.82. The van der Waals surface area contributed by atoms with E-state index in [2.05, 4.69) is 4.72 Å². The van der Waals surface area contributed by atoms with Gasteiger partial charge in [-0.05, 0) is 25.3 Å². The molecule has 96 valence electrons. The summed E-state index contributed by atoms with van der Waals surface area (Å²) in [6.07, 6.45) is 2.73. The van der Waals surface area contributed by atoms with Crippen LogP contribution in [0.15, 0.2) is 11.0 Å². The molecule has 3 N–H and O–H groups in total. The Bertz CT molecular complexity index is 523. The highest BCUT2D eigenvalue weighted by Crippen LogP contribution is 2.34. The van der Waals surface area contributed by atoms with Crippen molar-refractivity contribution in [1.29, 1.82) is 0 Å². The summed E-state index contributed by atoms with van der Waals surface area (Å²) in [6, 6.07) is 1.35. The average Bonchev–Trinajstić information content (AvgIpc) is 2.53. The number of halogens is 2. The van der Waals surface area contributed by atoms with E-state index in [1.807, 2.05) is 0 Å². The van der Waals surface area contributed by atoms with Gasteiger partial charge >= 0.3 is 0 Å². The monoisotopic (exact) mass is 314 g/mol. The number of nitrogens with one attached hydrogen (secondary N) is 1. The van der Waals surface area contributed by atoms with Crippen LogP contribution in [0.4, 0.5) is 0 Å². The first-order valence-corrected chi connectivity index (χ1v) is 8.11. The zero-order valence-corrected chi connectivity index (χ0v) is 12.0. The Morgan fingerprint density at radius 3 is 2.53 bits per heavy atom. The number of nitrogens with two attached hydrogens (primary N) is 1. The van der Waals surface area contributed by atoms with Gasteiger partial charge in [0, 0.05) is 12.1 Å². The van der Waals surface area contributed by atoms with Gasteiger partial charge in [0.25, 0.3) is 0 Å². The molecule has 0 atom stereocenters. The normalized spacial score (nSPS) is 19.0. The van der Waals surface area contributed by atoms with E-state index in [1.165, 1.54) is 6.07 Å². The molecule has 0 bridgehead atoms. The van der Waals surface area contributed by atoms with E-state index in [0.717, 1.165) is 30.6 Å². The molecule has 0 spiro atoms. The highest BCUT2D eigenvalue weighted by Gasteiger charge is 2.34. The van der Waals surface area contributed by atoms with Crippen molar-refractivity contribution in [2.45, 2.75) is 29.7 Å². The molecule has 1 aliphatic carbocycles. The fourth-order valence-corrected chi connectivity index (χ4v) is 4.92. The first kappa shape index (κ1) is 13.6. The van der Waals surface area contributed by atoms with Gasteiger partial charge in [0.05, 0.1) is 4.34 Å². The number of hydrogen-bond donors (Lipinski definition) is 2. The lowest BCUT2D eigenvalue weighted by molar-refractivity contribution is 0.251. The lowest BCUT2D eigenvalue weighted by Gasteiger charge is -2.37. The second kappa shape index (κ2) is 4.68. The maximum Gasteiger partial charge on any atom is 0.243 e. The predicted molar refractivity (Wildman–Crippen MR) is 70.3 cm³/mol. The molecule has 1 heterocycles. The molecule has 8 heteroatoms. The van der Waals surface area contributed by atoms with Crippen LogP contribution in [0.3, 0.4) is 0 Å². The first-order valence-electron chi connectivity index (χ1n) is 5.06. The fraction of sp³-hybridized carbons (Fsp3) is 0.556. The largest absolute Gasteiger partial charge is 0.324 e. The summed E-state index contributed by atoms with van der Waals surface area (Å²) in [4.78, 5) is 0.0251. The Hall–Kier alpha value is 0.150. The molecule has 1 saturated carbocycles. The van der Waals surface area contributed by atoms with Gasteiger partial charge in [-0.2, -0.15) is 0 Å². The van der Waals surface area contributed by atoms with Crippen LogP contribution in [-0.4, -0.2) is 20.5 Å². The topological polar surface area (TPSA) is 72.2 Å². The van der Waals surface area contributed by atoms with Gasteiger partial charge < -0.3 is 5.73 Å². The lowest BCUT2D eigenvalue weighted by atomic mass is 9.78. The number of sulfonamides is 1. The molecular formula is C9H12Cl2N2O2S2. The molecule has 0 radical (unpaired) electrons. The summed E-state index contributed by atoms with van der Waals surface area (Å²) in [5.41, 5.74) is 5.54. The summed E-state index contributed by atoms with van der Waals surface area (Å²) < 4.78 is 26.9. The van der Waals surface area contributed by atoms with Gasteiger partial charge in [-0.25, -0.2) is 13.1 Å². The van der Waals surface area contributed by atoms with Crippen molar-refractivity contribution < 1.29 is 8.42 Å². The quantitative estimate of drug-likeness (QED) is 0.895. The highest BCUT2D eigenvalue weighted by molar-refractivity contribution is 7.89. The molecule has 2 rings (SSSR count). The molecule has 0 saturated heterocycles. The Kier molecular flexibility index (Phi) is 3.74. The summed E-state index contributed by atoms with van der Waals surface area (Å²) in [5.74, 6) is 0. The maximum absolute atomic E-state index is 11.9. The van der Waals surface area contributed by atoms with Crippen LogP contribution in [-0.2, 0) is 10.0 Å². The van der Waals surface area contributed by atoms with Crippen molar-refractivity contribution >= 4 is 44.6 Å². The highest BCUT2D eigenvalue weighted by atomic mass is 35.5. The molecule has 0 aliphatic heterocycles. The molecule has 0 aromatic carbocycles. The van der Waals surface area contributed by atoms with E-state index in [-0.39, 0.29) is 15.8 Å². The standard InChI is InChI=1S/C9H12Cl2N2O2S2/c10-7-4-6(8(11)16-7)17(14,15)13-5-9(12)2-1-3-9/h4,13H,1-3,5,12H2.